The molecule has 0 amide bonds. The molecule has 0 saturated heterocycles. The Bertz CT molecular complexity index is 1030. The zero-order valence-electron chi connectivity index (χ0n) is 14.8. The molecule has 0 fully saturated rings. The van der Waals surface area contributed by atoms with Gasteiger partial charge in [0.1, 0.15) is 0 Å². The molecule has 1 aliphatic rings. The van der Waals surface area contributed by atoms with Crippen LogP contribution in [-0.2, 0) is 10.0 Å². The topological polar surface area (TPSA) is 69.6 Å². The van der Waals surface area contributed by atoms with Gasteiger partial charge in [-0.1, -0.05) is 42.5 Å². The first-order valence-corrected chi connectivity index (χ1v) is 10.2. The molecule has 10 heteroatoms. The van der Waals surface area contributed by atoms with Gasteiger partial charge in [-0.2, -0.15) is 13.2 Å². The van der Waals surface area contributed by atoms with Crippen molar-refractivity contribution in [2.75, 3.05) is 12.3 Å². The van der Waals surface area contributed by atoms with Crippen molar-refractivity contribution in [1.82, 2.24) is 9.79 Å². The van der Waals surface area contributed by atoms with E-state index in [1.807, 2.05) is 42.5 Å². The van der Waals surface area contributed by atoms with Crippen LogP contribution in [0.15, 0.2) is 60.3 Å². The average Bonchev–Trinajstić information content (AvgIpc) is 2.60. The van der Waals surface area contributed by atoms with E-state index in [9.17, 15) is 26.8 Å². The molecule has 0 unspecified atom stereocenters. The van der Waals surface area contributed by atoms with Crippen LogP contribution < -0.4 is 4.72 Å². The molecule has 2 aromatic rings. The molecule has 0 saturated carbocycles. The molecule has 1 aliphatic heterocycles. The van der Waals surface area contributed by atoms with Crippen molar-refractivity contribution in [1.29, 1.82) is 0 Å². The Morgan fingerprint density at radius 2 is 1.76 bits per heavy atom. The van der Waals surface area contributed by atoms with Gasteiger partial charge in [0.05, 0.1) is 18.0 Å². The maximum atomic E-state index is 12.2. The van der Waals surface area contributed by atoms with Gasteiger partial charge in [0, 0.05) is 17.7 Å². The van der Waals surface area contributed by atoms with E-state index in [0.717, 1.165) is 21.4 Å². The summed E-state index contributed by atoms with van der Waals surface area (Å²) in [5.74, 6) is -0.644. The van der Waals surface area contributed by atoms with Crippen molar-refractivity contribution in [2.45, 2.75) is 19.0 Å². The molecule has 152 valence electrons. The van der Waals surface area contributed by atoms with E-state index >= 15 is 0 Å². The van der Waals surface area contributed by atoms with Gasteiger partial charge in [-0.25, -0.2) is 8.42 Å². The van der Waals surface area contributed by atoms with Crippen molar-refractivity contribution >= 4 is 56.1 Å². The average molecular weight is 436 g/mol. The number of nitrogens with zero attached hydrogens (tertiary/aromatic N) is 1. The summed E-state index contributed by atoms with van der Waals surface area (Å²) >= 11 is 0. The number of hydrogen-bond donors (Lipinski definition) is 2. The van der Waals surface area contributed by atoms with Crippen molar-refractivity contribution in [3.63, 3.8) is 0 Å². The van der Waals surface area contributed by atoms with Gasteiger partial charge in [-0.05, 0) is 29.3 Å². The molecule has 0 bridgehead atoms. The molecule has 0 atom stereocenters. The molecule has 0 radical (unpaired) electrons. The van der Waals surface area contributed by atoms with Crippen molar-refractivity contribution in [3.8, 4) is 0 Å². The number of fused-ring (bicyclic) bond motifs is 1. The van der Waals surface area contributed by atoms with E-state index in [-0.39, 0.29) is 41.8 Å². The van der Waals surface area contributed by atoms with Crippen LogP contribution in [0.25, 0.3) is 16.5 Å². The minimum absolute atomic E-state index is 0. The van der Waals surface area contributed by atoms with Gasteiger partial charge in [0.2, 0.25) is 10.0 Å². The molecular formula is C19H20F3N2NaO3S. The molecule has 3 rings (SSSR count). The minimum atomic E-state index is -4.39. The van der Waals surface area contributed by atoms with Crippen molar-refractivity contribution in [2.24, 2.45) is 0 Å². The maximum absolute atomic E-state index is 12.2. The van der Waals surface area contributed by atoms with Crippen molar-refractivity contribution in [3.05, 3.63) is 65.9 Å². The fourth-order valence-electron chi connectivity index (χ4n) is 3.02. The van der Waals surface area contributed by atoms with E-state index in [1.54, 1.807) is 6.08 Å². The standard InChI is InChI=1S/C19H19F3N2O3S.Na.H/c20-19(21,22)11-4-12-28(26,27)23-15-9-10-18(24(25)13-15)17-8-3-6-14-5-1-2-7-16(14)17;;/h1-3,5-10,23,25H,4,11-13H2;;. The first-order chi connectivity index (χ1) is 13.1. The van der Waals surface area contributed by atoms with E-state index in [0.29, 0.717) is 5.70 Å². The number of rotatable bonds is 6. The third-order valence-electron chi connectivity index (χ3n) is 4.27. The number of hydrogen-bond acceptors (Lipinski definition) is 4. The third-order valence-corrected chi connectivity index (χ3v) is 5.67. The Morgan fingerprint density at radius 3 is 2.45 bits per heavy atom. The number of nitrogens with one attached hydrogen (secondary N) is 1. The number of hydroxylamine groups is 2. The van der Waals surface area contributed by atoms with Gasteiger partial charge in [0.15, 0.2) is 0 Å². The summed E-state index contributed by atoms with van der Waals surface area (Å²) in [6.45, 7) is -0.131. The summed E-state index contributed by atoms with van der Waals surface area (Å²) in [5.41, 5.74) is 1.46. The van der Waals surface area contributed by atoms with Gasteiger partial charge in [0.25, 0.3) is 0 Å². The molecule has 5 nitrogen and oxygen atoms in total. The van der Waals surface area contributed by atoms with Crippen LogP contribution in [0.1, 0.15) is 18.4 Å². The molecule has 0 aliphatic carbocycles. The Kier molecular flexibility index (Phi) is 7.80. The van der Waals surface area contributed by atoms with Crippen LogP contribution in [0.4, 0.5) is 13.2 Å². The fourth-order valence-corrected chi connectivity index (χ4v) is 4.18. The number of benzene rings is 2. The van der Waals surface area contributed by atoms with E-state index in [2.05, 4.69) is 4.72 Å². The Hall–Kier alpha value is -1.52. The number of sulfonamides is 1. The second kappa shape index (κ2) is 9.53. The number of halogens is 3. The normalized spacial score (nSPS) is 14.8. The Morgan fingerprint density at radius 1 is 1.07 bits per heavy atom. The molecule has 2 aromatic carbocycles. The fraction of sp³-hybridized carbons (Fsp3) is 0.263. The van der Waals surface area contributed by atoms with Crippen LogP contribution in [0.3, 0.4) is 0 Å². The second-order valence-corrected chi connectivity index (χ2v) is 8.31. The van der Waals surface area contributed by atoms with E-state index in [1.165, 1.54) is 6.08 Å². The predicted molar refractivity (Wildman–Crippen MR) is 108 cm³/mol. The monoisotopic (exact) mass is 436 g/mol. The Labute approximate surface area is 189 Å². The van der Waals surface area contributed by atoms with E-state index < -0.39 is 34.8 Å². The van der Waals surface area contributed by atoms with Crippen LogP contribution in [0.2, 0.25) is 0 Å². The molecule has 29 heavy (non-hydrogen) atoms. The summed E-state index contributed by atoms with van der Waals surface area (Å²) in [5, 5.41) is 13.2. The first-order valence-electron chi connectivity index (χ1n) is 8.57. The SMILES string of the molecule is O=S(=O)(CCCC(F)(F)F)NC1=CC=C(c2cccc3ccccc23)N(O)C1.[NaH]. The summed E-state index contributed by atoms with van der Waals surface area (Å²) in [6.07, 6.45) is -3.00. The molecule has 0 spiro atoms. The van der Waals surface area contributed by atoms with Crippen molar-refractivity contribution < 1.29 is 26.8 Å². The van der Waals surface area contributed by atoms with Gasteiger partial charge in [-0.15, -0.1) is 0 Å². The van der Waals surface area contributed by atoms with Gasteiger partial charge < -0.3 is 0 Å². The van der Waals surface area contributed by atoms with Crippen LogP contribution in [0, 0.1) is 0 Å². The van der Waals surface area contributed by atoms with Crippen LogP contribution >= 0.6 is 0 Å². The van der Waals surface area contributed by atoms with Crippen LogP contribution in [0.5, 0.6) is 0 Å². The molecule has 1 heterocycles. The Balaban J connectivity index is 0.00000300. The third kappa shape index (κ3) is 6.48. The molecule has 0 aromatic heterocycles. The van der Waals surface area contributed by atoms with Crippen LogP contribution in [-0.4, -0.2) is 66.7 Å². The van der Waals surface area contributed by atoms with Gasteiger partial charge in [-0.3, -0.25) is 15.0 Å². The predicted octanol–water partition coefficient (Wildman–Crippen LogP) is 3.38. The summed E-state index contributed by atoms with van der Waals surface area (Å²) in [7, 11) is -3.93. The van der Waals surface area contributed by atoms with Gasteiger partial charge >= 0.3 is 35.7 Å². The number of alkyl halides is 3. The summed E-state index contributed by atoms with van der Waals surface area (Å²) in [4.78, 5) is 0. The first kappa shape index (κ1) is 23.8. The zero-order valence-corrected chi connectivity index (χ0v) is 15.6. The molecule has 2 N–H and O–H groups in total. The second-order valence-electron chi connectivity index (χ2n) is 6.47. The van der Waals surface area contributed by atoms with E-state index in [4.69, 9.17) is 0 Å². The zero-order chi connectivity index (χ0) is 20.4. The summed E-state index contributed by atoms with van der Waals surface area (Å²) in [6, 6.07) is 13.3. The quantitative estimate of drug-likeness (QED) is 0.682. The molecular weight excluding hydrogens is 416 g/mol. The summed E-state index contributed by atoms with van der Waals surface area (Å²) < 4.78 is 62.7. The number of allylic oxidation sites excluding steroid dienone is 2.